The zero-order valence-corrected chi connectivity index (χ0v) is 18.8. The Kier molecular flexibility index (Phi) is 10.7. The Morgan fingerprint density at radius 1 is 1.21 bits per heavy atom. The highest BCUT2D eigenvalue weighted by Gasteiger charge is 2.14. The van der Waals surface area contributed by atoms with Crippen LogP contribution in [0.25, 0.3) is 0 Å². The van der Waals surface area contributed by atoms with Crippen LogP contribution in [-0.2, 0) is 9.53 Å². The quantitative estimate of drug-likeness (QED) is 0.486. The van der Waals surface area contributed by atoms with Crippen molar-refractivity contribution in [1.29, 1.82) is 0 Å². The molecule has 1 aliphatic carbocycles. The number of allylic oxidation sites excluding steroid dienone is 6. The van der Waals surface area contributed by atoms with Gasteiger partial charge in [0.25, 0.3) is 0 Å². The third-order valence-corrected chi connectivity index (χ3v) is 6.19. The normalized spacial score (nSPS) is 22.0. The van der Waals surface area contributed by atoms with Crippen molar-refractivity contribution in [3.8, 4) is 0 Å². The summed E-state index contributed by atoms with van der Waals surface area (Å²) in [5, 5.41) is 3.59. The maximum atomic E-state index is 11.4. The van der Waals surface area contributed by atoms with Gasteiger partial charge in [-0.1, -0.05) is 17.7 Å². The minimum atomic E-state index is -0.346. The molecule has 5 nitrogen and oxygen atoms in total. The van der Waals surface area contributed by atoms with Crippen LogP contribution in [0, 0.1) is 0 Å². The molecule has 3 N–H and O–H groups in total. The topological polar surface area (TPSA) is 67.6 Å². The van der Waals surface area contributed by atoms with Crippen molar-refractivity contribution in [3.05, 3.63) is 34.6 Å². The van der Waals surface area contributed by atoms with Gasteiger partial charge >= 0.3 is 0 Å². The van der Waals surface area contributed by atoms with E-state index in [0.29, 0.717) is 6.61 Å². The fourth-order valence-corrected chi connectivity index (χ4v) is 4.06. The number of Topliss-reactive ketones (excluding diaryl/α,β-unsaturated/α-hetero) is 1. The second-order valence-electron chi connectivity index (χ2n) is 8.47. The van der Waals surface area contributed by atoms with Gasteiger partial charge < -0.3 is 20.7 Å². The minimum Gasteiger partial charge on any atom is -0.388 e. The van der Waals surface area contributed by atoms with Gasteiger partial charge in [0.15, 0.2) is 0 Å². The van der Waals surface area contributed by atoms with Crippen LogP contribution in [-0.4, -0.2) is 56.6 Å². The number of carbonyl (C=O) groups excluding carboxylic acids is 1. The molecule has 1 heterocycles. The molecule has 2 rings (SSSR count). The molecule has 1 aliphatic heterocycles. The van der Waals surface area contributed by atoms with E-state index >= 15 is 0 Å². The first kappa shape index (κ1) is 23.8. The van der Waals surface area contributed by atoms with Crippen molar-refractivity contribution < 1.29 is 9.53 Å². The Morgan fingerprint density at radius 2 is 2.03 bits per heavy atom. The van der Waals surface area contributed by atoms with E-state index in [9.17, 15) is 4.79 Å². The smallest absolute Gasteiger partial charge is 0.146 e. The maximum Gasteiger partial charge on any atom is 0.146 e. The Labute approximate surface area is 177 Å². The maximum absolute atomic E-state index is 11.4. The van der Waals surface area contributed by atoms with Gasteiger partial charge in [0.1, 0.15) is 5.78 Å². The fourth-order valence-electron chi connectivity index (χ4n) is 4.06. The molecule has 1 atom stereocenters. The number of rotatable bonds is 12. The molecule has 5 heteroatoms. The number of ketones is 1. The molecule has 0 saturated heterocycles. The van der Waals surface area contributed by atoms with Crippen molar-refractivity contribution in [1.82, 2.24) is 10.2 Å². The molecule has 164 valence electrons. The predicted octanol–water partition coefficient (Wildman–Crippen LogP) is 3.72. The van der Waals surface area contributed by atoms with E-state index in [1.54, 1.807) is 14.0 Å². The van der Waals surface area contributed by atoms with Crippen LogP contribution < -0.4 is 11.1 Å². The lowest BCUT2D eigenvalue weighted by Crippen LogP contribution is -2.36. The zero-order valence-electron chi connectivity index (χ0n) is 18.8. The van der Waals surface area contributed by atoms with Crippen LogP contribution in [0.5, 0.6) is 0 Å². The highest BCUT2D eigenvalue weighted by atomic mass is 16.5. The van der Waals surface area contributed by atoms with Gasteiger partial charge in [-0.25, -0.2) is 0 Å². The van der Waals surface area contributed by atoms with Gasteiger partial charge in [0.05, 0.1) is 12.6 Å². The summed E-state index contributed by atoms with van der Waals surface area (Å²) in [6.45, 7) is 8.49. The summed E-state index contributed by atoms with van der Waals surface area (Å²) >= 11 is 0. The van der Waals surface area contributed by atoms with Crippen molar-refractivity contribution in [2.24, 2.45) is 5.73 Å². The molecule has 0 aromatic rings. The lowest BCUT2D eigenvalue weighted by Gasteiger charge is -2.24. The molecule has 0 spiro atoms. The highest BCUT2D eigenvalue weighted by molar-refractivity contribution is 5.81. The second kappa shape index (κ2) is 13.0. The number of carbonyl (C=O) groups is 1. The standard InChI is InChI=1S/C24H41N3O2/c1-19-9-12-24-22(8-6-14-26-24)11-10-21(19)7-4-5-15-27(17-18-29-3)16-13-23(25)20(2)28/h10-11,23,26H,4-9,12-18,25H2,1-3H3/b11-10-,21-19-/t23-/m0/s1. The molecule has 0 aromatic heterocycles. The van der Waals surface area contributed by atoms with Gasteiger partial charge in [-0.15, -0.1) is 0 Å². The first-order valence-corrected chi connectivity index (χ1v) is 11.3. The molecular weight excluding hydrogens is 362 g/mol. The number of hydrogen-bond donors (Lipinski definition) is 2. The SMILES string of the molecule is COCCN(CCCCC1=C(\C)CCC2=C(/C=C\1)CCCN2)CC[C@H](N)C(C)=O. The summed E-state index contributed by atoms with van der Waals surface area (Å²) in [6.07, 6.45) is 13.7. The third-order valence-electron chi connectivity index (χ3n) is 6.19. The first-order valence-electron chi connectivity index (χ1n) is 11.3. The van der Waals surface area contributed by atoms with Crippen molar-refractivity contribution in [2.45, 2.75) is 71.3 Å². The van der Waals surface area contributed by atoms with E-state index in [-0.39, 0.29) is 11.8 Å². The Morgan fingerprint density at radius 3 is 2.79 bits per heavy atom. The Bertz CT molecular complexity index is 622. The van der Waals surface area contributed by atoms with Crippen LogP contribution in [0.4, 0.5) is 0 Å². The molecule has 0 bridgehead atoms. The highest BCUT2D eigenvalue weighted by Crippen LogP contribution is 2.27. The predicted molar refractivity (Wildman–Crippen MR) is 121 cm³/mol. The van der Waals surface area contributed by atoms with Gasteiger partial charge in [-0.2, -0.15) is 0 Å². The molecule has 0 unspecified atom stereocenters. The van der Waals surface area contributed by atoms with Gasteiger partial charge in [0.2, 0.25) is 0 Å². The number of nitrogens with zero attached hydrogens (tertiary/aromatic N) is 1. The number of nitrogens with two attached hydrogens (primary N) is 1. The van der Waals surface area contributed by atoms with Gasteiger partial charge in [-0.3, -0.25) is 4.79 Å². The van der Waals surface area contributed by atoms with Crippen LogP contribution in [0.15, 0.2) is 34.6 Å². The molecule has 0 fully saturated rings. The minimum absolute atomic E-state index is 0.0709. The van der Waals surface area contributed by atoms with Crippen molar-refractivity contribution >= 4 is 5.78 Å². The molecule has 2 aliphatic rings. The van der Waals surface area contributed by atoms with E-state index in [4.69, 9.17) is 10.5 Å². The summed E-state index contributed by atoms with van der Waals surface area (Å²) in [7, 11) is 1.73. The number of methoxy groups -OCH3 is 1. The Balaban J connectivity index is 1.80. The summed E-state index contributed by atoms with van der Waals surface area (Å²) in [6, 6.07) is -0.346. The molecule has 29 heavy (non-hydrogen) atoms. The summed E-state index contributed by atoms with van der Waals surface area (Å²) in [5.74, 6) is 0.0709. The van der Waals surface area contributed by atoms with Crippen LogP contribution in [0.2, 0.25) is 0 Å². The lowest BCUT2D eigenvalue weighted by atomic mass is 9.91. The average molecular weight is 404 g/mol. The van der Waals surface area contributed by atoms with E-state index < -0.39 is 0 Å². The van der Waals surface area contributed by atoms with Crippen LogP contribution >= 0.6 is 0 Å². The number of unbranched alkanes of at least 4 members (excludes halogenated alkanes) is 1. The number of ether oxygens (including phenoxy) is 1. The number of hydrogen-bond acceptors (Lipinski definition) is 5. The average Bonchev–Trinajstić information content (AvgIpc) is 2.71. The number of nitrogens with one attached hydrogen (secondary N) is 1. The summed E-state index contributed by atoms with van der Waals surface area (Å²) in [5.41, 5.74) is 11.9. The largest absolute Gasteiger partial charge is 0.388 e. The summed E-state index contributed by atoms with van der Waals surface area (Å²) < 4.78 is 5.25. The van der Waals surface area contributed by atoms with Crippen LogP contribution in [0.3, 0.4) is 0 Å². The van der Waals surface area contributed by atoms with E-state index in [1.165, 1.54) is 41.7 Å². The second-order valence-corrected chi connectivity index (χ2v) is 8.47. The van der Waals surface area contributed by atoms with E-state index in [2.05, 4.69) is 29.3 Å². The first-order chi connectivity index (χ1) is 14.0. The van der Waals surface area contributed by atoms with E-state index in [0.717, 1.165) is 58.3 Å². The molecular formula is C24H41N3O2. The zero-order chi connectivity index (χ0) is 21.1. The van der Waals surface area contributed by atoms with Crippen LogP contribution in [0.1, 0.15) is 65.2 Å². The lowest BCUT2D eigenvalue weighted by molar-refractivity contribution is -0.118. The fraction of sp³-hybridized carbons (Fsp3) is 0.708. The van der Waals surface area contributed by atoms with Gasteiger partial charge in [0, 0.05) is 32.4 Å². The van der Waals surface area contributed by atoms with Crippen molar-refractivity contribution in [2.75, 3.05) is 39.9 Å². The monoisotopic (exact) mass is 403 g/mol. The summed E-state index contributed by atoms with van der Waals surface area (Å²) in [4.78, 5) is 13.8. The molecule has 0 radical (unpaired) electrons. The molecule has 0 aromatic carbocycles. The van der Waals surface area contributed by atoms with Crippen molar-refractivity contribution in [3.63, 3.8) is 0 Å². The molecule has 0 saturated carbocycles. The molecule has 0 amide bonds. The van der Waals surface area contributed by atoms with E-state index in [1.807, 2.05) is 0 Å². The Hall–Kier alpha value is -1.43. The van der Waals surface area contributed by atoms with Gasteiger partial charge in [-0.05, 0) is 82.9 Å². The third kappa shape index (κ3) is 8.45.